The molecule has 0 aliphatic carbocycles. The van der Waals surface area contributed by atoms with Gasteiger partial charge in [-0.25, -0.2) is 9.97 Å². The molecule has 3 N–H and O–H groups in total. The number of amides is 2. The second-order valence-corrected chi connectivity index (χ2v) is 6.26. The van der Waals surface area contributed by atoms with Gasteiger partial charge in [0.05, 0.1) is 12.4 Å². The van der Waals surface area contributed by atoms with E-state index in [1.54, 1.807) is 48.5 Å². The number of rotatable bonds is 6. The Bertz CT molecular complexity index is 1050. The van der Waals surface area contributed by atoms with Crippen LogP contribution < -0.4 is 16.0 Å². The highest BCUT2D eigenvalue weighted by atomic mass is 16.2. The molecule has 3 rings (SSSR count). The first kappa shape index (κ1) is 19.7. The molecule has 0 saturated heterocycles. The number of hydrogen-bond acceptors (Lipinski definition) is 6. The number of nitrogens with one attached hydrogen (secondary N) is 3. The van der Waals surface area contributed by atoms with Gasteiger partial charge >= 0.3 is 0 Å². The third-order valence-corrected chi connectivity index (χ3v) is 3.89. The highest BCUT2D eigenvalue weighted by molar-refractivity contribution is 6.03. The van der Waals surface area contributed by atoms with Crippen LogP contribution in [0.5, 0.6) is 0 Å². The normalized spacial score (nSPS) is 10.1. The van der Waals surface area contributed by atoms with E-state index in [1.165, 1.54) is 26.2 Å². The zero-order valence-electron chi connectivity index (χ0n) is 15.9. The summed E-state index contributed by atoms with van der Waals surface area (Å²) in [6.45, 7) is 2.92. The fourth-order valence-corrected chi connectivity index (χ4v) is 2.52. The molecule has 29 heavy (non-hydrogen) atoms. The van der Waals surface area contributed by atoms with Crippen molar-refractivity contribution in [1.29, 1.82) is 0 Å². The van der Waals surface area contributed by atoms with Gasteiger partial charge in [0, 0.05) is 29.5 Å². The molecule has 2 aromatic carbocycles. The Kier molecular flexibility index (Phi) is 5.94. The molecule has 0 aliphatic rings. The Morgan fingerprint density at radius 3 is 2.07 bits per heavy atom. The first-order chi connectivity index (χ1) is 13.9. The molecule has 0 aliphatic heterocycles. The molecule has 0 saturated carbocycles. The topological polar surface area (TPSA) is 113 Å². The average molecular weight is 389 g/mol. The smallest absolute Gasteiger partial charge is 0.275 e. The first-order valence-electron chi connectivity index (χ1n) is 8.80. The zero-order valence-corrected chi connectivity index (χ0v) is 15.9. The van der Waals surface area contributed by atoms with Crippen LogP contribution in [0.25, 0.3) is 0 Å². The predicted octanol–water partition coefficient (Wildman–Crippen LogP) is 3.63. The molecule has 1 aromatic heterocycles. The van der Waals surface area contributed by atoms with Gasteiger partial charge in [-0.05, 0) is 49.4 Å². The molecule has 8 heteroatoms. The van der Waals surface area contributed by atoms with Gasteiger partial charge < -0.3 is 16.0 Å². The van der Waals surface area contributed by atoms with Crippen LogP contribution in [0.4, 0.5) is 22.9 Å². The van der Waals surface area contributed by atoms with Crippen molar-refractivity contribution in [3.63, 3.8) is 0 Å². The number of ketones is 1. The van der Waals surface area contributed by atoms with Crippen LogP contribution in [0, 0.1) is 0 Å². The average Bonchev–Trinajstić information content (AvgIpc) is 2.68. The molecular weight excluding hydrogens is 370 g/mol. The van der Waals surface area contributed by atoms with Gasteiger partial charge in [0.2, 0.25) is 5.91 Å². The largest absolute Gasteiger partial charge is 0.339 e. The second-order valence-electron chi connectivity index (χ2n) is 6.26. The lowest BCUT2D eigenvalue weighted by molar-refractivity contribution is -0.114. The van der Waals surface area contributed by atoms with Gasteiger partial charge in [-0.2, -0.15) is 0 Å². The number of anilines is 4. The van der Waals surface area contributed by atoms with E-state index in [0.717, 1.165) is 5.69 Å². The summed E-state index contributed by atoms with van der Waals surface area (Å²) in [6.07, 6.45) is 2.81. The molecule has 0 bridgehead atoms. The summed E-state index contributed by atoms with van der Waals surface area (Å²) >= 11 is 0. The first-order valence-corrected chi connectivity index (χ1v) is 8.80. The highest BCUT2D eigenvalue weighted by Crippen LogP contribution is 2.17. The van der Waals surface area contributed by atoms with Crippen LogP contribution in [0.15, 0.2) is 60.9 Å². The Balaban J connectivity index is 1.64. The lowest BCUT2D eigenvalue weighted by Crippen LogP contribution is -2.14. The minimum absolute atomic E-state index is 0.00526. The summed E-state index contributed by atoms with van der Waals surface area (Å²) in [7, 11) is 0. The van der Waals surface area contributed by atoms with Crippen LogP contribution in [-0.4, -0.2) is 27.6 Å². The SMILES string of the molecule is CC(=O)Nc1cccc(NC(=O)c2cnc(Nc3ccc(C(C)=O)cc3)cn2)c1. The van der Waals surface area contributed by atoms with Crippen LogP contribution in [0.2, 0.25) is 0 Å². The molecule has 1 heterocycles. The highest BCUT2D eigenvalue weighted by Gasteiger charge is 2.09. The number of benzene rings is 2. The lowest BCUT2D eigenvalue weighted by Gasteiger charge is -2.08. The minimum Gasteiger partial charge on any atom is -0.339 e. The fourth-order valence-electron chi connectivity index (χ4n) is 2.52. The predicted molar refractivity (Wildman–Crippen MR) is 110 cm³/mol. The Hall–Kier alpha value is -4.07. The maximum Gasteiger partial charge on any atom is 0.275 e. The Morgan fingerprint density at radius 1 is 0.793 bits per heavy atom. The third kappa shape index (κ3) is 5.46. The fraction of sp³-hybridized carbons (Fsp3) is 0.0952. The molecule has 8 nitrogen and oxygen atoms in total. The molecule has 0 atom stereocenters. The van der Waals surface area contributed by atoms with Crippen LogP contribution in [0.1, 0.15) is 34.7 Å². The Labute approximate surface area is 167 Å². The molecule has 3 aromatic rings. The van der Waals surface area contributed by atoms with Gasteiger partial charge in [-0.1, -0.05) is 6.07 Å². The molecule has 0 unspecified atom stereocenters. The second kappa shape index (κ2) is 8.75. The van der Waals surface area contributed by atoms with Crippen molar-refractivity contribution in [3.05, 3.63) is 72.2 Å². The van der Waals surface area contributed by atoms with E-state index in [2.05, 4.69) is 25.9 Å². The monoisotopic (exact) mass is 389 g/mol. The summed E-state index contributed by atoms with van der Waals surface area (Å²) in [6, 6.07) is 13.8. The van der Waals surface area contributed by atoms with Crippen LogP contribution >= 0.6 is 0 Å². The number of aromatic nitrogens is 2. The summed E-state index contributed by atoms with van der Waals surface area (Å²) in [5.41, 5.74) is 2.62. The van der Waals surface area contributed by atoms with Crippen molar-refractivity contribution in [2.75, 3.05) is 16.0 Å². The summed E-state index contributed by atoms with van der Waals surface area (Å²) in [4.78, 5) is 43.1. The van der Waals surface area contributed by atoms with E-state index >= 15 is 0 Å². The maximum absolute atomic E-state index is 12.4. The minimum atomic E-state index is -0.421. The Morgan fingerprint density at radius 2 is 1.48 bits per heavy atom. The number of carbonyl (C=O) groups excluding carboxylic acids is 3. The standard InChI is InChI=1S/C21H19N5O3/c1-13(27)15-6-8-16(9-7-15)25-20-12-22-19(11-23-20)21(29)26-18-5-3-4-17(10-18)24-14(2)28/h3-12H,1-2H3,(H,23,25)(H,24,28)(H,26,29). The van der Waals surface area contributed by atoms with Crippen molar-refractivity contribution >= 4 is 40.5 Å². The lowest BCUT2D eigenvalue weighted by atomic mass is 10.1. The molecule has 0 fully saturated rings. The van der Waals surface area contributed by atoms with E-state index < -0.39 is 5.91 Å². The van der Waals surface area contributed by atoms with E-state index in [-0.39, 0.29) is 17.4 Å². The molecule has 146 valence electrons. The number of carbonyl (C=O) groups is 3. The zero-order chi connectivity index (χ0) is 20.8. The van der Waals surface area contributed by atoms with Gasteiger partial charge in [-0.15, -0.1) is 0 Å². The van der Waals surface area contributed by atoms with Crippen LogP contribution in [-0.2, 0) is 4.79 Å². The molecule has 0 spiro atoms. The van der Waals surface area contributed by atoms with Crippen LogP contribution in [0.3, 0.4) is 0 Å². The number of hydrogen-bond donors (Lipinski definition) is 3. The van der Waals surface area contributed by atoms with E-state index in [0.29, 0.717) is 22.8 Å². The summed E-state index contributed by atoms with van der Waals surface area (Å²) < 4.78 is 0. The van der Waals surface area contributed by atoms with Gasteiger partial charge in [-0.3, -0.25) is 14.4 Å². The van der Waals surface area contributed by atoms with Crippen molar-refractivity contribution in [2.45, 2.75) is 13.8 Å². The summed E-state index contributed by atoms with van der Waals surface area (Å²) in [5, 5.41) is 8.42. The molecule has 2 amide bonds. The van der Waals surface area contributed by atoms with Gasteiger partial charge in [0.15, 0.2) is 5.78 Å². The van der Waals surface area contributed by atoms with Crippen molar-refractivity contribution in [2.24, 2.45) is 0 Å². The van der Waals surface area contributed by atoms with Crippen molar-refractivity contribution in [1.82, 2.24) is 9.97 Å². The van der Waals surface area contributed by atoms with E-state index in [9.17, 15) is 14.4 Å². The number of nitrogens with zero attached hydrogens (tertiary/aromatic N) is 2. The maximum atomic E-state index is 12.4. The van der Waals surface area contributed by atoms with Crippen molar-refractivity contribution in [3.8, 4) is 0 Å². The number of Topliss-reactive ketones (excluding diaryl/α,β-unsaturated/α-hetero) is 1. The summed E-state index contributed by atoms with van der Waals surface area (Å²) in [5.74, 6) is -0.160. The molecular formula is C21H19N5O3. The third-order valence-electron chi connectivity index (χ3n) is 3.89. The van der Waals surface area contributed by atoms with E-state index in [1.807, 2.05) is 0 Å². The van der Waals surface area contributed by atoms with Crippen molar-refractivity contribution < 1.29 is 14.4 Å². The van der Waals surface area contributed by atoms with Gasteiger partial charge in [0.25, 0.3) is 5.91 Å². The molecule has 0 radical (unpaired) electrons. The van der Waals surface area contributed by atoms with E-state index in [4.69, 9.17) is 0 Å². The quantitative estimate of drug-likeness (QED) is 0.555. The van der Waals surface area contributed by atoms with Gasteiger partial charge in [0.1, 0.15) is 11.5 Å².